The first-order chi connectivity index (χ1) is 13.4. The zero-order valence-electron chi connectivity index (χ0n) is 17.4. The molecule has 4 saturated carbocycles. The number of carbonyl (C=O) groups excluding carboxylic acids is 1. The van der Waals surface area contributed by atoms with Gasteiger partial charge in [-0.15, -0.1) is 0 Å². The fraction of sp³-hybridized carbons (Fsp3) is 0.654. The fourth-order valence-corrected chi connectivity index (χ4v) is 7.79. The summed E-state index contributed by atoms with van der Waals surface area (Å²) in [6.07, 6.45) is 10.9. The maximum atomic E-state index is 13.4. The van der Waals surface area contributed by atoms with Crippen molar-refractivity contribution in [2.24, 2.45) is 34.5 Å². The van der Waals surface area contributed by atoms with Crippen LogP contribution in [0.3, 0.4) is 0 Å². The molecule has 7 atom stereocenters. The van der Waals surface area contributed by atoms with E-state index in [9.17, 15) is 9.90 Å². The summed E-state index contributed by atoms with van der Waals surface area (Å²) in [5, 5.41) is 10.2. The molecule has 1 aromatic carbocycles. The molecule has 0 spiro atoms. The molecule has 5 rings (SSSR count). The Morgan fingerprint density at radius 3 is 2.57 bits per heavy atom. The highest BCUT2D eigenvalue weighted by molar-refractivity contribution is 6.05. The van der Waals surface area contributed by atoms with Crippen molar-refractivity contribution in [2.45, 2.75) is 71.3 Å². The minimum atomic E-state index is -0.154. The molecule has 4 aliphatic carbocycles. The van der Waals surface area contributed by atoms with Gasteiger partial charge in [0.25, 0.3) is 0 Å². The van der Waals surface area contributed by atoms with Gasteiger partial charge in [-0.05, 0) is 97.7 Å². The molecule has 150 valence electrons. The van der Waals surface area contributed by atoms with E-state index in [1.165, 1.54) is 25.7 Å². The lowest BCUT2D eigenvalue weighted by molar-refractivity contribution is -0.141. The molecule has 2 heteroatoms. The molecular weight excluding hydrogens is 344 g/mol. The second-order valence-electron chi connectivity index (χ2n) is 10.7. The van der Waals surface area contributed by atoms with Crippen LogP contribution in [0.25, 0.3) is 6.08 Å². The summed E-state index contributed by atoms with van der Waals surface area (Å²) in [6.45, 7) is 4.78. The van der Waals surface area contributed by atoms with E-state index in [1.54, 1.807) is 0 Å². The Labute approximate surface area is 169 Å². The van der Waals surface area contributed by atoms with E-state index in [0.29, 0.717) is 29.0 Å². The lowest BCUT2D eigenvalue weighted by atomic mass is 9.45. The van der Waals surface area contributed by atoms with E-state index in [-0.39, 0.29) is 11.5 Å². The van der Waals surface area contributed by atoms with Gasteiger partial charge in [-0.2, -0.15) is 0 Å². The number of Topliss-reactive ketones (excluding diaryl/α,β-unsaturated/α-hetero) is 1. The molecule has 0 saturated heterocycles. The predicted octanol–water partition coefficient (Wildman–Crippen LogP) is 5.65. The number of aliphatic hydroxyl groups excluding tert-OH is 1. The normalized spacial score (nSPS) is 46.8. The largest absolute Gasteiger partial charge is 0.393 e. The summed E-state index contributed by atoms with van der Waals surface area (Å²) in [6, 6.07) is 10.3. The van der Waals surface area contributed by atoms with Crippen LogP contribution in [-0.2, 0) is 4.79 Å². The summed E-state index contributed by atoms with van der Waals surface area (Å²) >= 11 is 0. The SMILES string of the molecule is C[C@]12CC[C@H](O)C[C@@H]1CC[C@H]1[C@H]2CC[C@@]2(C)C(=O)/C(=C/c3ccccc3)C[C@H]12. The van der Waals surface area contributed by atoms with Gasteiger partial charge in [0.05, 0.1) is 6.10 Å². The van der Waals surface area contributed by atoms with E-state index in [1.807, 2.05) is 6.07 Å². The standard InChI is InChI=1S/C26H34O2/c1-25-12-10-20(27)16-19(25)8-9-21-22(25)11-13-26(2)23(21)15-18(24(26)28)14-17-6-4-3-5-7-17/h3-7,14,19-23,27H,8-13,15-16H2,1-2H3/b18-14+/t19-,20-,21-,22+,23+,25-,26+/m0/s1. The van der Waals surface area contributed by atoms with E-state index >= 15 is 0 Å². The Hall–Kier alpha value is -1.41. The first-order valence-electron chi connectivity index (χ1n) is 11.4. The third-order valence-electron chi connectivity index (χ3n) is 9.42. The highest BCUT2D eigenvalue weighted by atomic mass is 16.3. The van der Waals surface area contributed by atoms with Crippen molar-refractivity contribution >= 4 is 11.9 Å². The summed E-state index contributed by atoms with van der Waals surface area (Å²) in [5.74, 6) is 3.03. The van der Waals surface area contributed by atoms with Gasteiger partial charge < -0.3 is 5.11 Å². The molecule has 0 amide bonds. The summed E-state index contributed by atoms with van der Waals surface area (Å²) in [5.41, 5.74) is 2.43. The highest BCUT2D eigenvalue weighted by Gasteiger charge is 2.61. The third-order valence-corrected chi connectivity index (χ3v) is 9.42. The topological polar surface area (TPSA) is 37.3 Å². The summed E-state index contributed by atoms with van der Waals surface area (Å²) < 4.78 is 0. The minimum absolute atomic E-state index is 0.0862. The number of rotatable bonds is 1. The molecule has 4 fully saturated rings. The van der Waals surface area contributed by atoms with Gasteiger partial charge in [-0.1, -0.05) is 44.2 Å². The van der Waals surface area contributed by atoms with Crippen LogP contribution in [0.5, 0.6) is 0 Å². The van der Waals surface area contributed by atoms with Crippen molar-refractivity contribution in [3.63, 3.8) is 0 Å². The van der Waals surface area contributed by atoms with Crippen LogP contribution < -0.4 is 0 Å². The predicted molar refractivity (Wildman–Crippen MR) is 113 cm³/mol. The second kappa shape index (κ2) is 6.55. The third kappa shape index (κ3) is 2.67. The minimum Gasteiger partial charge on any atom is -0.393 e. The lowest BCUT2D eigenvalue weighted by Gasteiger charge is -2.59. The molecule has 4 aliphatic rings. The zero-order chi connectivity index (χ0) is 19.5. The first-order valence-corrected chi connectivity index (χ1v) is 11.4. The number of benzene rings is 1. The second-order valence-corrected chi connectivity index (χ2v) is 10.7. The molecule has 0 aromatic heterocycles. The maximum Gasteiger partial charge on any atom is 0.165 e. The Bertz CT molecular complexity index is 796. The lowest BCUT2D eigenvalue weighted by Crippen LogP contribution is -2.54. The zero-order valence-corrected chi connectivity index (χ0v) is 17.4. The van der Waals surface area contributed by atoms with Crippen molar-refractivity contribution in [1.82, 2.24) is 0 Å². The Kier molecular flexibility index (Phi) is 4.36. The van der Waals surface area contributed by atoms with Gasteiger partial charge >= 0.3 is 0 Å². The van der Waals surface area contributed by atoms with Crippen LogP contribution in [0.4, 0.5) is 0 Å². The van der Waals surface area contributed by atoms with Gasteiger partial charge in [0.15, 0.2) is 5.78 Å². The van der Waals surface area contributed by atoms with Crippen LogP contribution >= 0.6 is 0 Å². The van der Waals surface area contributed by atoms with Crippen molar-refractivity contribution in [2.75, 3.05) is 0 Å². The average molecular weight is 379 g/mol. The molecular formula is C26H34O2. The number of hydrogen-bond acceptors (Lipinski definition) is 2. The fourth-order valence-electron chi connectivity index (χ4n) is 7.79. The quantitative estimate of drug-likeness (QED) is 0.641. The monoisotopic (exact) mass is 378 g/mol. The Balaban J connectivity index is 1.45. The van der Waals surface area contributed by atoms with E-state index in [4.69, 9.17) is 0 Å². The Morgan fingerprint density at radius 1 is 1.00 bits per heavy atom. The molecule has 2 nitrogen and oxygen atoms in total. The van der Waals surface area contributed by atoms with Crippen molar-refractivity contribution in [1.29, 1.82) is 0 Å². The van der Waals surface area contributed by atoms with Crippen molar-refractivity contribution in [3.8, 4) is 0 Å². The van der Waals surface area contributed by atoms with Crippen LogP contribution in [-0.4, -0.2) is 17.0 Å². The number of aliphatic hydroxyl groups is 1. The van der Waals surface area contributed by atoms with Crippen LogP contribution in [0.1, 0.15) is 70.8 Å². The number of ketones is 1. The van der Waals surface area contributed by atoms with Crippen LogP contribution in [0.15, 0.2) is 35.9 Å². The molecule has 28 heavy (non-hydrogen) atoms. The average Bonchev–Trinajstić information content (AvgIpc) is 2.94. The number of fused-ring (bicyclic) bond motifs is 5. The van der Waals surface area contributed by atoms with Gasteiger partial charge in [-0.3, -0.25) is 4.79 Å². The maximum absolute atomic E-state index is 13.4. The molecule has 0 aliphatic heterocycles. The van der Waals surface area contributed by atoms with Gasteiger partial charge in [0, 0.05) is 5.41 Å². The molecule has 0 radical (unpaired) electrons. The van der Waals surface area contributed by atoms with E-state index in [0.717, 1.165) is 42.7 Å². The van der Waals surface area contributed by atoms with E-state index in [2.05, 4.69) is 44.2 Å². The molecule has 1 aromatic rings. The number of hydrogen-bond donors (Lipinski definition) is 1. The van der Waals surface area contributed by atoms with Crippen molar-refractivity contribution < 1.29 is 9.90 Å². The van der Waals surface area contributed by atoms with Crippen LogP contribution in [0.2, 0.25) is 0 Å². The van der Waals surface area contributed by atoms with Gasteiger partial charge in [0.1, 0.15) is 0 Å². The first kappa shape index (κ1) is 18.6. The van der Waals surface area contributed by atoms with Gasteiger partial charge in [-0.25, -0.2) is 0 Å². The van der Waals surface area contributed by atoms with Crippen LogP contribution in [0, 0.1) is 34.5 Å². The van der Waals surface area contributed by atoms with E-state index < -0.39 is 0 Å². The smallest absolute Gasteiger partial charge is 0.165 e. The van der Waals surface area contributed by atoms with Gasteiger partial charge in [0.2, 0.25) is 0 Å². The summed E-state index contributed by atoms with van der Waals surface area (Å²) in [7, 11) is 0. The number of allylic oxidation sites excluding steroid dienone is 1. The molecule has 1 N–H and O–H groups in total. The summed E-state index contributed by atoms with van der Waals surface area (Å²) in [4.78, 5) is 13.4. The molecule has 0 heterocycles. The van der Waals surface area contributed by atoms with Crippen molar-refractivity contribution in [3.05, 3.63) is 41.5 Å². The number of carbonyl (C=O) groups is 1. The molecule has 0 bridgehead atoms. The Morgan fingerprint density at radius 2 is 1.79 bits per heavy atom. The highest BCUT2D eigenvalue weighted by Crippen LogP contribution is 2.66. The molecule has 0 unspecified atom stereocenters.